The van der Waals surface area contributed by atoms with Crippen LogP contribution >= 0.6 is 27.7 Å². The molecule has 0 atom stereocenters. The highest BCUT2D eigenvalue weighted by Gasteiger charge is 2.18. The Kier molecular flexibility index (Phi) is 7.37. The van der Waals surface area contributed by atoms with Gasteiger partial charge in [-0.15, -0.1) is 0 Å². The van der Waals surface area contributed by atoms with Gasteiger partial charge in [-0.1, -0.05) is 16.9 Å². The predicted octanol–water partition coefficient (Wildman–Crippen LogP) is 2.34. The molecule has 1 aromatic carbocycles. The Hall–Kier alpha value is -2.65. The maximum Gasteiger partial charge on any atom is 0.234 e. The first-order valence-electron chi connectivity index (χ1n) is 7.08. The second kappa shape index (κ2) is 9.73. The van der Waals surface area contributed by atoms with Crippen LogP contribution in [0, 0.1) is 17.1 Å². The van der Waals surface area contributed by atoms with Crippen LogP contribution in [-0.4, -0.2) is 39.6 Å². The van der Waals surface area contributed by atoms with Crippen LogP contribution in [0.1, 0.15) is 12.1 Å². The smallest absolute Gasteiger partial charge is 0.234 e. The summed E-state index contributed by atoms with van der Waals surface area (Å²) in [6, 6.07) is 5.91. The third-order valence-electron chi connectivity index (χ3n) is 2.87. The molecule has 9 nitrogen and oxygen atoms in total. The van der Waals surface area contributed by atoms with Crippen molar-refractivity contribution in [2.45, 2.75) is 11.4 Å². The average Bonchev–Trinajstić information content (AvgIpc) is 3.08. The Morgan fingerprint density at radius 3 is 3.00 bits per heavy atom. The molecule has 2 aromatic rings. The second-order valence-corrected chi connectivity index (χ2v) is 6.59. The number of nitriles is 1. The van der Waals surface area contributed by atoms with Gasteiger partial charge < -0.3 is 15.8 Å². The number of oxime groups is 1. The van der Waals surface area contributed by atoms with Crippen LogP contribution in [-0.2, 0) is 4.79 Å². The van der Waals surface area contributed by atoms with E-state index in [1.807, 2.05) is 0 Å². The highest BCUT2D eigenvalue weighted by molar-refractivity contribution is 9.10. The standard InChI is InChI=1S/C14H12BrFN6O3S/c15-9-7-8(1-2-10(9)16)19-13(20-24)12-14(22-25-21-12)26-6-5-18-11(23)3-4-17/h1-2,7,24H,3,5-6H2,(H,18,23)(H,19,20). The van der Waals surface area contributed by atoms with E-state index < -0.39 is 5.82 Å². The number of carbonyl (C=O) groups excluding carboxylic acids is 1. The Bertz CT molecular complexity index is 853. The average molecular weight is 443 g/mol. The maximum atomic E-state index is 13.3. The van der Waals surface area contributed by atoms with Gasteiger partial charge in [-0.25, -0.2) is 9.02 Å². The van der Waals surface area contributed by atoms with E-state index in [-0.39, 0.29) is 28.3 Å². The SMILES string of the molecule is N#CCC(=O)NCCSc1nonc1/C(=N/O)Nc1ccc(F)c(Br)c1. The number of amidine groups is 1. The summed E-state index contributed by atoms with van der Waals surface area (Å²) in [6.07, 6.45) is -0.208. The molecule has 136 valence electrons. The number of benzene rings is 1. The van der Waals surface area contributed by atoms with Crippen molar-refractivity contribution in [3.8, 4) is 6.07 Å². The van der Waals surface area contributed by atoms with E-state index in [9.17, 15) is 14.4 Å². The first kappa shape index (κ1) is 19.7. The van der Waals surface area contributed by atoms with Gasteiger partial charge in [0, 0.05) is 18.0 Å². The summed E-state index contributed by atoms with van der Waals surface area (Å²) in [7, 11) is 0. The topological polar surface area (TPSA) is 136 Å². The zero-order chi connectivity index (χ0) is 18.9. The van der Waals surface area contributed by atoms with Gasteiger partial charge in [0.1, 0.15) is 12.2 Å². The van der Waals surface area contributed by atoms with Crippen molar-refractivity contribution in [1.29, 1.82) is 5.26 Å². The number of hydrogen-bond acceptors (Lipinski definition) is 8. The molecule has 0 radical (unpaired) electrons. The number of thioether (sulfide) groups is 1. The fraction of sp³-hybridized carbons (Fsp3) is 0.214. The molecular formula is C14H12BrFN6O3S. The van der Waals surface area contributed by atoms with Crippen molar-refractivity contribution < 1.29 is 19.0 Å². The van der Waals surface area contributed by atoms with Gasteiger partial charge in [-0.3, -0.25) is 4.79 Å². The molecule has 0 aliphatic carbocycles. The second-order valence-electron chi connectivity index (χ2n) is 4.65. The minimum atomic E-state index is -0.434. The molecular weight excluding hydrogens is 431 g/mol. The van der Waals surface area contributed by atoms with Crippen LogP contribution in [0.15, 0.2) is 37.5 Å². The lowest BCUT2D eigenvalue weighted by molar-refractivity contribution is -0.119. The molecule has 0 aliphatic rings. The quantitative estimate of drug-likeness (QED) is 0.148. The van der Waals surface area contributed by atoms with Crippen molar-refractivity contribution in [3.63, 3.8) is 0 Å². The third-order valence-corrected chi connectivity index (χ3v) is 4.42. The summed E-state index contributed by atoms with van der Waals surface area (Å²) >= 11 is 4.27. The van der Waals surface area contributed by atoms with E-state index in [1.165, 1.54) is 30.0 Å². The molecule has 26 heavy (non-hydrogen) atoms. The molecule has 0 saturated carbocycles. The summed E-state index contributed by atoms with van der Waals surface area (Å²) in [5.74, 6) is -0.413. The van der Waals surface area contributed by atoms with Gasteiger partial charge in [-0.05, 0) is 44.4 Å². The van der Waals surface area contributed by atoms with Crippen molar-refractivity contribution >= 4 is 45.1 Å². The van der Waals surface area contributed by atoms with E-state index in [2.05, 4.69) is 46.7 Å². The van der Waals surface area contributed by atoms with E-state index in [4.69, 9.17) is 5.26 Å². The van der Waals surface area contributed by atoms with Crippen LogP contribution in [0.2, 0.25) is 0 Å². The predicted molar refractivity (Wildman–Crippen MR) is 94.3 cm³/mol. The number of halogens is 2. The Morgan fingerprint density at radius 1 is 1.50 bits per heavy atom. The summed E-state index contributed by atoms with van der Waals surface area (Å²) in [6.45, 7) is 0.307. The van der Waals surface area contributed by atoms with Gasteiger partial charge in [0.05, 0.1) is 10.5 Å². The van der Waals surface area contributed by atoms with E-state index >= 15 is 0 Å². The molecule has 0 unspecified atom stereocenters. The number of anilines is 1. The van der Waals surface area contributed by atoms with Crippen LogP contribution in [0.5, 0.6) is 0 Å². The number of amides is 1. The lowest BCUT2D eigenvalue weighted by Crippen LogP contribution is -2.25. The molecule has 1 amide bonds. The largest absolute Gasteiger partial charge is 0.409 e. The minimum Gasteiger partial charge on any atom is -0.409 e. The lowest BCUT2D eigenvalue weighted by atomic mass is 10.3. The molecule has 12 heteroatoms. The normalized spacial score (nSPS) is 11.0. The molecule has 0 bridgehead atoms. The van der Waals surface area contributed by atoms with Crippen molar-refractivity contribution in [2.75, 3.05) is 17.6 Å². The molecule has 0 saturated heterocycles. The van der Waals surface area contributed by atoms with E-state index in [1.54, 1.807) is 6.07 Å². The highest BCUT2D eigenvalue weighted by atomic mass is 79.9. The van der Waals surface area contributed by atoms with Crippen molar-refractivity contribution in [1.82, 2.24) is 15.6 Å². The summed E-state index contributed by atoms with van der Waals surface area (Å²) in [4.78, 5) is 11.2. The van der Waals surface area contributed by atoms with Crippen LogP contribution in [0.3, 0.4) is 0 Å². The van der Waals surface area contributed by atoms with E-state index in [0.717, 1.165) is 0 Å². The van der Waals surface area contributed by atoms with Crippen LogP contribution in [0.25, 0.3) is 0 Å². The molecule has 2 rings (SSSR count). The zero-order valence-corrected chi connectivity index (χ0v) is 15.5. The fourth-order valence-electron chi connectivity index (χ4n) is 1.73. The number of nitrogens with one attached hydrogen (secondary N) is 2. The van der Waals surface area contributed by atoms with Crippen molar-refractivity contribution in [2.24, 2.45) is 5.16 Å². The van der Waals surface area contributed by atoms with Gasteiger partial charge in [0.25, 0.3) is 0 Å². The highest BCUT2D eigenvalue weighted by Crippen LogP contribution is 2.23. The summed E-state index contributed by atoms with van der Waals surface area (Å²) in [5.41, 5.74) is 0.607. The third kappa shape index (κ3) is 5.43. The summed E-state index contributed by atoms with van der Waals surface area (Å²) < 4.78 is 18.2. The molecule has 1 heterocycles. The van der Waals surface area contributed by atoms with Gasteiger partial charge >= 0.3 is 0 Å². The number of nitrogens with zero attached hydrogens (tertiary/aromatic N) is 4. The maximum absolute atomic E-state index is 13.3. The molecule has 0 aliphatic heterocycles. The Morgan fingerprint density at radius 2 is 2.31 bits per heavy atom. The Labute approximate surface area is 159 Å². The molecule has 0 fully saturated rings. The lowest BCUT2D eigenvalue weighted by Gasteiger charge is -2.07. The monoisotopic (exact) mass is 442 g/mol. The first-order chi connectivity index (χ1) is 12.5. The number of aromatic nitrogens is 2. The van der Waals surface area contributed by atoms with Crippen molar-refractivity contribution in [3.05, 3.63) is 34.2 Å². The number of carbonyl (C=O) groups is 1. The minimum absolute atomic E-state index is 0.0409. The van der Waals surface area contributed by atoms with Gasteiger partial charge in [0.2, 0.25) is 11.7 Å². The van der Waals surface area contributed by atoms with Crippen LogP contribution < -0.4 is 10.6 Å². The molecule has 3 N–H and O–H groups in total. The van der Waals surface area contributed by atoms with E-state index in [0.29, 0.717) is 23.0 Å². The molecule has 0 spiro atoms. The summed E-state index contributed by atoms with van der Waals surface area (Å²) in [5, 5.41) is 33.9. The van der Waals surface area contributed by atoms with Gasteiger partial charge in [0.15, 0.2) is 10.7 Å². The zero-order valence-electron chi connectivity index (χ0n) is 13.1. The first-order valence-corrected chi connectivity index (χ1v) is 8.86. The van der Waals surface area contributed by atoms with Crippen LogP contribution in [0.4, 0.5) is 10.1 Å². The molecule has 1 aromatic heterocycles. The Balaban J connectivity index is 1.99. The fourth-order valence-corrected chi connectivity index (χ4v) is 2.87. The number of rotatable bonds is 7. The van der Waals surface area contributed by atoms with Gasteiger partial charge in [-0.2, -0.15) is 5.26 Å². The number of hydrogen-bond donors (Lipinski definition) is 3.